The Bertz CT molecular complexity index is 280. The van der Waals surface area contributed by atoms with E-state index in [0.717, 1.165) is 25.9 Å². The van der Waals surface area contributed by atoms with Crippen molar-refractivity contribution in [2.45, 2.75) is 70.9 Å². The highest BCUT2D eigenvalue weighted by molar-refractivity contribution is 5.77. The fourth-order valence-corrected chi connectivity index (χ4v) is 3.60. The molecule has 0 bridgehead atoms. The Kier molecular flexibility index (Phi) is 5.04. The molecule has 104 valence electrons. The van der Waals surface area contributed by atoms with Gasteiger partial charge in [-0.3, -0.25) is 4.79 Å². The molecular formula is C15H28N2O. The van der Waals surface area contributed by atoms with Crippen LogP contribution in [0.3, 0.4) is 0 Å². The predicted octanol–water partition coefficient (Wildman–Crippen LogP) is 2.56. The first-order valence-electron chi connectivity index (χ1n) is 7.76. The third-order valence-corrected chi connectivity index (χ3v) is 4.56. The van der Waals surface area contributed by atoms with Gasteiger partial charge in [-0.25, -0.2) is 0 Å². The first-order chi connectivity index (χ1) is 8.74. The number of nitrogens with zero attached hydrogens (tertiary/aromatic N) is 1. The molecule has 2 aliphatic heterocycles. The van der Waals surface area contributed by atoms with Crippen molar-refractivity contribution in [3.63, 3.8) is 0 Å². The van der Waals surface area contributed by atoms with Crippen LogP contribution in [-0.4, -0.2) is 36.0 Å². The van der Waals surface area contributed by atoms with Gasteiger partial charge in [-0.1, -0.05) is 32.6 Å². The number of fused-ring (bicyclic) bond motifs is 1. The van der Waals surface area contributed by atoms with E-state index in [1.807, 2.05) is 0 Å². The van der Waals surface area contributed by atoms with Gasteiger partial charge in [0.1, 0.15) is 0 Å². The zero-order valence-electron chi connectivity index (χ0n) is 12.0. The van der Waals surface area contributed by atoms with Crippen LogP contribution in [0.15, 0.2) is 0 Å². The number of hydrogen-bond acceptors (Lipinski definition) is 2. The van der Waals surface area contributed by atoms with Crippen molar-refractivity contribution in [1.29, 1.82) is 0 Å². The fraction of sp³-hybridized carbons (Fsp3) is 0.933. The van der Waals surface area contributed by atoms with Gasteiger partial charge in [0, 0.05) is 31.6 Å². The second-order valence-corrected chi connectivity index (χ2v) is 6.04. The number of hydrogen-bond donors (Lipinski definition) is 1. The van der Waals surface area contributed by atoms with Gasteiger partial charge in [0.2, 0.25) is 5.91 Å². The van der Waals surface area contributed by atoms with E-state index in [9.17, 15) is 4.79 Å². The monoisotopic (exact) mass is 252 g/mol. The Balaban J connectivity index is 1.74. The van der Waals surface area contributed by atoms with E-state index in [1.54, 1.807) is 0 Å². The summed E-state index contributed by atoms with van der Waals surface area (Å²) in [7, 11) is 0. The summed E-state index contributed by atoms with van der Waals surface area (Å²) >= 11 is 0. The second-order valence-electron chi connectivity index (χ2n) is 6.04. The first kappa shape index (κ1) is 13.9. The van der Waals surface area contributed by atoms with Gasteiger partial charge in [-0.15, -0.1) is 0 Å². The van der Waals surface area contributed by atoms with Gasteiger partial charge in [-0.05, 0) is 25.7 Å². The zero-order chi connectivity index (χ0) is 13.0. The Morgan fingerprint density at radius 1 is 1.22 bits per heavy atom. The summed E-state index contributed by atoms with van der Waals surface area (Å²) < 4.78 is 0. The zero-order valence-corrected chi connectivity index (χ0v) is 12.0. The van der Waals surface area contributed by atoms with Crippen LogP contribution in [0.25, 0.3) is 0 Å². The predicted molar refractivity (Wildman–Crippen MR) is 74.4 cm³/mol. The summed E-state index contributed by atoms with van der Waals surface area (Å²) in [4.78, 5) is 14.5. The van der Waals surface area contributed by atoms with Crippen molar-refractivity contribution in [3.05, 3.63) is 0 Å². The molecule has 1 amide bonds. The lowest BCUT2D eigenvalue weighted by atomic mass is 10.0. The SMILES string of the molecule is CCCCCCCC(=O)N1C(C)CC2CNCC21. The highest BCUT2D eigenvalue weighted by Gasteiger charge is 2.43. The average molecular weight is 252 g/mol. The highest BCUT2D eigenvalue weighted by atomic mass is 16.2. The molecule has 2 rings (SSSR count). The van der Waals surface area contributed by atoms with Crippen molar-refractivity contribution >= 4 is 5.91 Å². The van der Waals surface area contributed by atoms with Gasteiger partial charge in [-0.2, -0.15) is 0 Å². The quantitative estimate of drug-likeness (QED) is 0.737. The van der Waals surface area contributed by atoms with Crippen molar-refractivity contribution in [2.75, 3.05) is 13.1 Å². The fourth-order valence-electron chi connectivity index (χ4n) is 3.60. The van der Waals surface area contributed by atoms with Crippen LogP contribution in [0.1, 0.15) is 58.8 Å². The number of nitrogens with one attached hydrogen (secondary N) is 1. The van der Waals surface area contributed by atoms with E-state index in [4.69, 9.17) is 0 Å². The van der Waals surface area contributed by atoms with Crippen molar-refractivity contribution in [1.82, 2.24) is 10.2 Å². The number of unbranched alkanes of at least 4 members (excludes halogenated alkanes) is 4. The van der Waals surface area contributed by atoms with E-state index >= 15 is 0 Å². The molecule has 2 saturated heterocycles. The summed E-state index contributed by atoms with van der Waals surface area (Å²) in [5, 5.41) is 3.42. The molecule has 0 spiro atoms. The normalized spacial score (nSPS) is 30.8. The van der Waals surface area contributed by atoms with E-state index < -0.39 is 0 Å². The third-order valence-electron chi connectivity index (χ3n) is 4.56. The van der Waals surface area contributed by atoms with E-state index in [1.165, 1.54) is 32.1 Å². The maximum Gasteiger partial charge on any atom is 0.223 e. The first-order valence-corrected chi connectivity index (χ1v) is 7.76. The van der Waals surface area contributed by atoms with Crippen LogP contribution in [0, 0.1) is 5.92 Å². The molecule has 3 nitrogen and oxygen atoms in total. The van der Waals surface area contributed by atoms with Gasteiger partial charge in [0.25, 0.3) is 0 Å². The minimum absolute atomic E-state index is 0.398. The molecule has 2 aliphatic rings. The molecule has 2 heterocycles. The third kappa shape index (κ3) is 3.05. The second kappa shape index (κ2) is 6.55. The lowest BCUT2D eigenvalue weighted by Crippen LogP contribution is -2.42. The Morgan fingerprint density at radius 3 is 2.78 bits per heavy atom. The minimum atomic E-state index is 0.398. The van der Waals surface area contributed by atoms with Crippen LogP contribution in [0.4, 0.5) is 0 Å². The Morgan fingerprint density at radius 2 is 2.00 bits per heavy atom. The van der Waals surface area contributed by atoms with Gasteiger partial charge >= 0.3 is 0 Å². The molecule has 0 aromatic carbocycles. The molecular weight excluding hydrogens is 224 g/mol. The van der Waals surface area contributed by atoms with Crippen molar-refractivity contribution in [2.24, 2.45) is 5.92 Å². The van der Waals surface area contributed by atoms with E-state index in [0.29, 0.717) is 23.9 Å². The molecule has 1 N–H and O–H groups in total. The van der Waals surface area contributed by atoms with Crippen LogP contribution in [-0.2, 0) is 4.79 Å². The van der Waals surface area contributed by atoms with Crippen LogP contribution >= 0.6 is 0 Å². The molecule has 0 saturated carbocycles. The number of carbonyl (C=O) groups is 1. The average Bonchev–Trinajstić information content (AvgIpc) is 2.88. The number of carbonyl (C=O) groups excluding carboxylic acids is 1. The van der Waals surface area contributed by atoms with Crippen LogP contribution < -0.4 is 5.32 Å². The number of rotatable bonds is 6. The summed E-state index contributed by atoms with van der Waals surface area (Å²) in [6.45, 7) is 6.56. The van der Waals surface area contributed by atoms with Crippen molar-refractivity contribution < 1.29 is 4.79 Å². The molecule has 0 aromatic rings. The summed E-state index contributed by atoms with van der Waals surface area (Å²) in [6.07, 6.45) is 8.11. The molecule has 0 radical (unpaired) electrons. The number of likely N-dealkylation sites (tertiary alicyclic amines) is 1. The Hall–Kier alpha value is -0.570. The molecule has 18 heavy (non-hydrogen) atoms. The lowest BCUT2D eigenvalue weighted by Gasteiger charge is -2.27. The standard InChI is InChI=1S/C15H28N2O/c1-3-4-5-6-7-8-15(18)17-12(2)9-13-10-16-11-14(13)17/h12-14,16H,3-11H2,1-2H3. The van der Waals surface area contributed by atoms with Crippen molar-refractivity contribution in [3.8, 4) is 0 Å². The van der Waals surface area contributed by atoms with Gasteiger partial charge in [0.15, 0.2) is 0 Å². The molecule has 0 aliphatic carbocycles. The molecule has 3 heteroatoms. The van der Waals surface area contributed by atoms with E-state index in [-0.39, 0.29) is 0 Å². The molecule has 3 atom stereocenters. The maximum atomic E-state index is 12.3. The summed E-state index contributed by atoms with van der Waals surface area (Å²) in [5.74, 6) is 1.11. The minimum Gasteiger partial charge on any atom is -0.335 e. The summed E-state index contributed by atoms with van der Waals surface area (Å²) in [5.41, 5.74) is 0. The largest absolute Gasteiger partial charge is 0.335 e. The number of amides is 1. The van der Waals surface area contributed by atoms with Crippen LogP contribution in [0.5, 0.6) is 0 Å². The molecule has 2 fully saturated rings. The highest BCUT2D eigenvalue weighted by Crippen LogP contribution is 2.32. The van der Waals surface area contributed by atoms with Crippen LogP contribution in [0.2, 0.25) is 0 Å². The molecule has 0 aromatic heterocycles. The molecule has 3 unspecified atom stereocenters. The maximum absolute atomic E-state index is 12.3. The van der Waals surface area contributed by atoms with E-state index in [2.05, 4.69) is 24.1 Å². The Labute approximate surface area is 111 Å². The smallest absolute Gasteiger partial charge is 0.223 e. The lowest BCUT2D eigenvalue weighted by molar-refractivity contribution is -0.133. The van der Waals surface area contributed by atoms with Gasteiger partial charge in [0.05, 0.1) is 0 Å². The topological polar surface area (TPSA) is 32.3 Å². The van der Waals surface area contributed by atoms with Gasteiger partial charge < -0.3 is 10.2 Å². The summed E-state index contributed by atoms with van der Waals surface area (Å²) in [6, 6.07) is 0.952.